The summed E-state index contributed by atoms with van der Waals surface area (Å²) in [4.78, 5) is 31.5. The number of urea groups is 1. The van der Waals surface area contributed by atoms with E-state index in [4.69, 9.17) is 0 Å². The minimum Gasteiger partial charge on any atom is -0.393 e. The molecular weight excluding hydrogens is 593 g/mol. The van der Waals surface area contributed by atoms with E-state index in [0.29, 0.717) is 37.6 Å². The molecule has 8 unspecified atom stereocenters. The number of aliphatic hydroxyl groups excluding tert-OH is 1. The number of carbonyl (C=O) groups is 2. The molecule has 6 nitrogen and oxygen atoms in total. The normalized spacial score (nSPS) is 41.5. The number of hydrogen-bond acceptors (Lipinski definition) is 5. The Balaban J connectivity index is 1.26. The van der Waals surface area contributed by atoms with E-state index in [-0.39, 0.29) is 40.8 Å². The quantitative estimate of drug-likeness (QED) is 0.256. The first-order valence-electron chi connectivity index (χ1n) is 18.3. The van der Waals surface area contributed by atoms with Gasteiger partial charge in [0.2, 0.25) is 0 Å². The highest BCUT2D eigenvalue weighted by molar-refractivity contribution is 7.09. The number of nitrogens with zero attached hydrogens (tertiary/aromatic N) is 1. The number of aliphatic hydroxyl groups is 2. The van der Waals surface area contributed by atoms with Gasteiger partial charge in [-0.3, -0.25) is 4.79 Å². The van der Waals surface area contributed by atoms with E-state index in [1.807, 2.05) is 18.7 Å². The summed E-state index contributed by atoms with van der Waals surface area (Å²) in [5, 5.41) is 29.1. The van der Waals surface area contributed by atoms with Crippen molar-refractivity contribution in [2.24, 2.45) is 39.4 Å². The largest absolute Gasteiger partial charge is 0.393 e. The van der Waals surface area contributed by atoms with Crippen molar-refractivity contribution in [2.75, 3.05) is 13.1 Å². The Kier molecular flexibility index (Phi) is 8.20. The summed E-state index contributed by atoms with van der Waals surface area (Å²) in [6.45, 7) is 9.57. The molecule has 0 aliphatic heterocycles. The summed E-state index contributed by atoms with van der Waals surface area (Å²) >= 11 is 1.71. The SMILES string of the molecule is CC(C)NC(=O)N(CCc1cccs1)CC1(O)CCC2C34C=CC5(C=C3C(=O)C3CCCCC3)CC(O)CCC5(C)C4CCC21C. The second-order valence-corrected chi connectivity index (χ2v) is 17.9. The maximum atomic E-state index is 14.8. The lowest BCUT2D eigenvalue weighted by Crippen LogP contribution is -2.67. The van der Waals surface area contributed by atoms with Crippen molar-refractivity contribution in [3.05, 3.63) is 46.2 Å². The molecule has 1 heterocycles. The number of allylic oxidation sites excluding steroid dienone is 4. The number of carbonyl (C=O) groups excluding carboxylic acids is 2. The van der Waals surface area contributed by atoms with Gasteiger partial charge in [-0.25, -0.2) is 4.79 Å². The van der Waals surface area contributed by atoms with Gasteiger partial charge < -0.3 is 20.4 Å². The molecule has 4 fully saturated rings. The van der Waals surface area contributed by atoms with Crippen LogP contribution in [-0.4, -0.2) is 57.8 Å². The van der Waals surface area contributed by atoms with E-state index >= 15 is 0 Å². The van der Waals surface area contributed by atoms with E-state index in [1.54, 1.807) is 11.3 Å². The van der Waals surface area contributed by atoms with Crippen molar-refractivity contribution >= 4 is 23.2 Å². The lowest BCUT2D eigenvalue weighted by Gasteiger charge is -2.71. The van der Waals surface area contributed by atoms with E-state index in [1.165, 1.54) is 11.3 Å². The second-order valence-electron chi connectivity index (χ2n) is 16.9. The van der Waals surface area contributed by atoms with Crippen LogP contribution in [0.4, 0.5) is 4.79 Å². The molecule has 4 saturated carbocycles. The number of hydrogen-bond donors (Lipinski definition) is 3. The number of fused-ring (bicyclic) bond motifs is 1. The standard InChI is InChI=1S/C39H56N2O4S/c1-26(2)40-34(44)41(21-15-29-11-8-22-46-29)25-38(45)18-14-32-36(38,4)17-13-31-35(3)16-12-28(42)23-37(35)19-20-39(31,32)30(24-37)33(43)27-9-6-5-7-10-27/h8,11,19-20,22,24,26-28,31-32,42,45H,5-7,9-10,12-18,21,23,25H2,1-4H3,(H,40,44). The molecule has 1 aromatic heterocycles. The zero-order chi connectivity index (χ0) is 32.5. The highest BCUT2D eigenvalue weighted by Gasteiger charge is 2.74. The van der Waals surface area contributed by atoms with E-state index in [9.17, 15) is 19.8 Å². The van der Waals surface area contributed by atoms with Gasteiger partial charge in [0.1, 0.15) is 0 Å². The third kappa shape index (κ3) is 4.75. The van der Waals surface area contributed by atoms with Crippen LogP contribution in [0.25, 0.3) is 0 Å². The molecule has 7 heteroatoms. The molecule has 2 bridgehead atoms. The van der Waals surface area contributed by atoms with Crippen LogP contribution in [-0.2, 0) is 11.2 Å². The molecule has 7 aliphatic rings. The molecule has 0 radical (unpaired) electrons. The van der Waals surface area contributed by atoms with Crippen molar-refractivity contribution in [1.82, 2.24) is 10.2 Å². The van der Waals surface area contributed by atoms with Crippen molar-refractivity contribution in [2.45, 2.75) is 129 Å². The minimum atomic E-state index is -1.05. The average Bonchev–Trinajstić information content (AvgIpc) is 3.64. The third-order valence-electron chi connectivity index (χ3n) is 14.3. The highest BCUT2D eigenvalue weighted by atomic mass is 32.1. The number of rotatable bonds is 8. The summed E-state index contributed by atoms with van der Waals surface area (Å²) in [6.07, 6.45) is 18.8. The Morgan fingerprint density at radius 1 is 1.00 bits per heavy atom. The average molecular weight is 649 g/mol. The number of ketones is 1. The maximum absolute atomic E-state index is 14.8. The molecule has 252 valence electrons. The molecule has 1 aromatic rings. The molecular formula is C39H56N2O4S. The van der Waals surface area contributed by atoms with Gasteiger partial charge in [0.15, 0.2) is 5.78 Å². The van der Waals surface area contributed by atoms with Crippen LogP contribution in [0.3, 0.4) is 0 Å². The summed E-state index contributed by atoms with van der Waals surface area (Å²) in [5.41, 5.74) is -1.20. The molecule has 0 aromatic carbocycles. The molecule has 7 aliphatic carbocycles. The monoisotopic (exact) mass is 648 g/mol. The van der Waals surface area contributed by atoms with Crippen LogP contribution in [0.5, 0.6) is 0 Å². The first-order chi connectivity index (χ1) is 21.9. The maximum Gasteiger partial charge on any atom is 0.317 e. The number of thiophene rings is 1. The number of nitrogens with one attached hydrogen (secondary N) is 1. The van der Waals surface area contributed by atoms with Gasteiger partial charge in [-0.15, -0.1) is 11.3 Å². The van der Waals surface area contributed by atoms with Crippen LogP contribution >= 0.6 is 11.3 Å². The van der Waals surface area contributed by atoms with Crippen LogP contribution in [0.2, 0.25) is 0 Å². The van der Waals surface area contributed by atoms with Crippen LogP contribution < -0.4 is 5.32 Å². The first-order valence-corrected chi connectivity index (χ1v) is 19.2. The van der Waals surface area contributed by atoms with Gasteiger partial charge in [-0.1, -0.05) is 57.4 Å². The van der Waals surface area contributed by atoms with Crippen LogP contribution in [0.1, 0.15) is 110 Å². The Morgan fingerprint density at radius 3 is 2.43 bits per heavy atom. The van der Waals surface area contributed by atoms with Crippen molar-refractivity contribution in [3.8, 4) is 0 Å². The number of amides is 2. The number of Topliss-reactive ketones (excluding diaryl/α,β-unsaturated/α-hetero) is 1. The van der Waals surface area contributed by atoms with E-state index < -0.39 is 16.4 Å². The third-order valence-corrected chi connectivity index (χ3v) is 15.2. The van der Waals surface area contributed by atoms with Crippen molar-refractivity contribution < 1.29 is 19.8 Å². The molecule has 8 rings (SSSR count). The Bertz CT molecular complexity index is 1400. The van der Waals surface area contributed by atoms with E-state index in [0.717, 1.165) is 69.8 Å². The Labute approximate surface area is 280 Å². The highest BCUT2D eigenvalue weighted by Crippen LogP contribution is 2.78. The van der Waals surface area contributed by atoms with E-state index in [2.05, 4.69) is 54.9 Å². The molecule has 2 amide bonds. The Morgan fingerprint density at radius 2 is 1.72 bits per heavy atom. The van der Waals surface area contributed by atoms with Gasteiger partial charge in [0, 0.05) is 45.2 Å². The summed E-state index contributed by atoms with van der Waals surface area (Å²) < 4.78 is 0. The van der Waals surface area contributed by atoms with Gasteiger partial charge in [-0.05, 0) is 107 Å². The zero-order valence-corrected chi connectivity index (χ0v) is 29.3. The molecule has 3 N–H and O–H groups in total. The first kappa shape index (κ1) is 32.6. The second kappa shape index (κ2) is 11.6. The predicted octanol–water partition coefficient (Wildman–Crippen LogP) is 7.45. The fourth-order valence-electron chi connectivity index (χ4n) is 11.8. The predicted molar refractivity (Wildman–Crippen MR) is 183 cm³/mol. The summed E-state index contributed by atoms with van der Waals surface area (Å²) in [6, 6.07) is 4.07. The van der Waals surface area contributed by atoms with Gasteiger partial charge >= 0.3 is 6.03 Å². The van der Waals surface area contributed by atoms with Gasteiger partial charge in [0.25, 0.3) is 0 Å². The van der Waals surface area contributed by atoms with Crippen LogP contribution in [0, 0.1) is 39.4 Å². The van der Waals surface area contributed by atoms with Gasteiger partial charge in [0.05, 0.1) is 18.2 Å². The zero-order valence-electron chi connectivity index (χ0n) is 28.5. The van der Waals surface area contributed by atoms with Crippen LogP contribution in [0.15, 0.2) is 41.3 Å². The van der Waals surface area contributed by atoms with Crippen molar-refractivity contribution in [1.29, 1.82) is 0 Å². The summed E-state index contributed by atoms with van der Waals surface area (Å²) in [5.74, 6) is 0.863. The molecule has 2 spiro atoms. The molecule has 8 atom stereocenters. The smallest absolute Gasteiger partial charge is 0.317 e. The topological polar surface area (TPSA) is 89.9 Å². The van der Waals surface area contributed by atoms with Gasteiger partial charge in [-0.2, -0.15) is 0 Å². The molecule has 46 heavy (non-hydrogen) atoms. The lowest BCUT2D eigenvalue weighted by atomic mass is 9.32. The van der Waals surface area contributed by atoms with Crippen molar-refractivity contribution in [3.63, 3.8) is 0 Å². The molecule has 0 saturated heterocycles. The summed E-state index contributed by atoms with van der Waals surface area (Å²) in [7, 11) is 0. The minimum absolute atomic E-state index is 0.00996. The fraction of sp³-hybridized carbons (Fsp3) is 0.744. The fourth-order valence-corrected chi connectivity index (χ4v) is 12.5. The lowest BCUT2D eigenvalue weighted by molar-refractivity contribution is -0.178. The Hall–Kier alpha value is -1.96.